The van der Waals surface area contributed by atoms with Crippen molar-refractivity contribution in [3.05, 3.63) is 40.5 Å². The van der Waals surface area contributed by atoms with E-state index in [-0.39, 0.29) is 0 Å². The summed E-state index contributed by atoms with van der Waals surface area (Å²) >= 11 is 0. The first-order chi connectivity index (χ1) is 17.2. The van der Waals surface area contributed by atoms with Crippen molar-refractivity contribution in [2.24, 2.45) is 5.10 Å². The molecule has 5 rings (SSSR count). The SMILES string of the molecule is Cc1cc(C)c2c(c1)/C(=N\Nc1cc(N3CCOCC3)nc(OCCN3CCOCC3)n1)CCC2. The molecule has 0 saturated carbocycles. The molecule has 188 valence electrons. The fourth-order valence-corrected chi connectivity index (χ4v) is 4.97. The van der Waals surface area contributed by atoms with Crippen LogP contribution in [0.5, 0.6) is 6.01 Å². The Kier molecular flexibility index (Phi) is 7.75. The molecule has 2 fully saturated rings. The number of hydrogen-bond acceptors (Lipinski definition) is 9. The van der Waals surface area contributed by atoms with E-state index in [1.165, 1.54) is 22.3 Å². The molecule has 2 aromatic rings. The van der Waals surface area contributed by atoms with Gasteiger partial charge in [-0.1, -0.05) is 11.6 Å². The molecule has 0 radical (unpaired) electrons. The molecule has 35 heavy (non-hydrogen) atoms. The summed E-state index contributed by atoms with van der Waals surface area (Å²) in [5.74, 6) is 1.48. The number of rotatable bonds is 7. The number of anilines is 2. The van der Waals surface area contributed by atoms with Gasteiger partial charge in [-0.15, -0.1) is 0 Å². The molecule has 9 nitrogen and oxygen atoms in total. The van der Waals surface area contributed by atoms with Gasteiger partial charge in [-0.3, -0.25) is 10.3 Å². The molecule has 0 unspecified atom stereocenters. The molecule has 0 amide bonds. The number of ether oxygens (including phenoxy) is 3. The van der Waals surface area contributed by atoms with Crippen LogP contribution in [0.25, 0.3) is 0 Å². The van der Waals surface area contributed by atoms with E-state index in [2.05, 4.69) is 46.2 Å². The van der Waals surface area contributed by atoms with Crippen LogP contribution in [-0.2, 0) is 15.9 Å². The Morgan fingerprint density at radius 1 is 0.971 bits per heavy atom. The largest absolute Gasteiger partial charge is 0.462 e. The van der Waals surface area contributed by atoms with Crippen LogP contribution in [0.2, 0.25) is 0 Å². The lowest BCUT2D eigenvalue weighted by molar-refractivity contribution is 0.0317. The third-order valence-corrected chi connectivity index (χ3v) is 6.84. The Labute approximate surface area is 207 Å². The Morgan fingerprint density at radius 3 is 2.54 bits per heavy atom. The number of nitrogens with zero attached hydrogens (tertiary/aromatic N) is 5. The summed E-state index contributed by atoms with van der Waals surface area (Å²) in [6.45, 7) is 12.1. The second-order valence-corrected chi connectivity index (χ2v) is 9.43. The van der Waals surface area contributed by atoms with Crippen LogP contribution in [0.4, 0.5) is 11.6 Å². The highest BCUT2D eigenvalue weighted by atomic mass is 16.5. The van der Waals surface area contributed by atoms with E-state index in [0.717, 1.165) is 76.7 Å². The first-order valence-corrected chi connectivity index (χ1v) is 12.7. The van der Waals surface area contributed by atoms with Crippen LogP contribution in [0.3, 0.4) is 0 Å². The van der Waals surface area contributed by atoms with E-state index in [1.54, 1.807) is 0 Å². The number of benzene rings is 1. The summed E-state index contributed by atoms with van der Waals surface area (Å²) in [6.07, 6.45) is 3.17. The van der Waals surface area contributed by atoms with Crippen molar-refractivity contribution in [2.45, 2.75) is 33.1 Å². The second-order valence-electron chi connectivity index (χ2n) is 9.43. The Balaban J connectivity index is 1.34. The van der Waals surface area contributed by atoms with E-state index in [1.807, 2.05) is 6.07 Å². The van der Waals surface area contributed by atoms with Crippen molar-refractivity contribution in [2.75, 3.05) is 76.1 Å². The van der Waals surface area contributed by atoms with E-state index in [4.69, 9.17) is 24.3 Å². The zero-order valence-corrected chi connectivity index (χ0v) is 20.9. The zero-order chi connectivity index (χ0) is 24.0. The highest BCUT2D eigenvalue weighted by molar-refractivity contribution is 6.03. The number of morpholine rings is 2. The van der Waals surface area contributed by atoms with Gasteiger partial charge in [0.15, 0.2) is 5.82 Å². The van der Waals surface area contributed by atoms with Crippen molar-refractivity contribution in [3.63, 3.8) is 0 Å². The maximum absolute atomic E-state index is 6.01. The van der Waals surface area contributed by atoms with Crippen LogP contribution in [0, 0.1) is 13.8 Å². The highest BCUT2D eigenvalue weighted by Crippen LogP contribution is 2.27. The van der Waals surface area contributed by atoms with Crippen LogP contribution in [-0.4, -0.2) is 86.3 Å². The monoisotopic (exact) mass is 480 g/mol. The topological polar surface area (TPSA) is 84.3 Å². The quantitative estimate of drug-likeness (QED) is 0.606. The minimum atomic E-state index is 0.376. The average molecular weight is 481 g/mol. The summed E-state index contributed by atoms with van der Waals surface area (Å²) in [7, 11) is 0. The molecular formula is C26H36N6O3. The fourth-order valence-electron chi connectivity index (χ4n) is 4.97. The minimum Gasteiger partial charge on any atom is -0.462 e. The third kappa shape index (κ3) is 6.09. The van der Waals surface area contributed by atoms with Crippen molar-refractivity contribution in [3.8, 4) is 6.01 Å². The maximum Gasteiger partial charge on any atom is 0.320 e. The standard InChI is InChI=1S/C26H36N6O3/c1-19-16-20(2)21-4-3-5-23(22(21)17-19)29-30-24-18-25(32-9-13-34-14-10-32)28-26(27-24)35-15-8-31-6-11-33-12-7-31/h16-18H,3-15H2,1-2H3,(H,27,28,30)/b29-23-. The zero-order valence-electron chi connectivity index (χ0n) is 20.9. The van der Waals surface area contributed by atoms with Gasteiger partial charge in [-0.25, -0.2) is 0 Å². The van der Waals surface area contributed by atoms with Gasteiger partial charge in [0.05, 0.1) is 32.1 Å². The second kappa shape index (κ2) is 11.3. The molecule has 3 heterocycles. The first kappa shape index (κ1) is 24.0. The number of aryl methyl sites for hydroxylation is 2. The molecule has 2 saturated heterocycles. The predicted octanol–water partition coefficient (Wildman–Crippen LogP) is 2.79. The van der Waals surface area contributed by atoms with Crippen LogP contribution in [0.15, 0.2) is 23.3 Å². The van der Waals surface area contributed by atoms with Gasteiger partial charge >= 0.3 is 6.01 Å². The van der Waals surface area contributed by atoms with Crippen molar-refractivity contribution in [1.82, 2.24) is 14.9 Å². The number of nitrogens with one attached hydrogen (secondary N) is 1. The normalized spacial score (nSPS) is 20.1. The van der Waals surface area contributed by atoms with E-state index >= 15 is 0 Å². The van der Waals surface area contributed by atoms with Crippen molar-refractivity contribution >= 4 is 17.3 Å². The van der Waals surface area contributed by atoms with Crippen LogP contribution in [0.1, 0.15) is 35.1 Å². The number of hydrazone groups is 1. The van der Waals surface area contributed by atoms with Gasteiger partial charge < -0.3 is 19.1 Å². The third-order valence-electron chi connectivity index (χ3n) is 6.84. The molecule has 0 atom stereocenters. The molecule has 1 aromatic carbocycles. The lowest BCUT2D eigenvalue weighted by atomic mass is 9.86. The summed E-state index contributed by atoms with van der Waals surface area (Å²) in [4.78, 5) is 13.9. The molecule has 3 aliphatic rings. The number of fused-ring (bicyclic) bond motifs is 1. The molecule has 0 spiro atoms. The molecule has 1 N–H and O–H groups in total. The van der Waals surface area contributed by atoms with Crippen LogP contribution < -0.4 is 15.1 Å². The minimum absolute atomic E-state index is 0.376. The predicted molar refractivity (Wildman–Crippen MR) is 137 cm³/mol. The molecule has 2 aliphatic heterocycles. The number of hydrogen-bond donors (Lipinski definition) is 1. The molecular weight excluding hydrogens is 444 g/mol. The highest BCUT2D eigenvalue weighted by Gasteiger charge is 2.19. The van der Waals surface area contributed by atoms with Crippen molar-refractivity contribution < 1.29 is 14.2 Å². The molecule has 9 heteroatoms. The molecule has 1 aliphatic carbocycles. The van der Waals surface area contributed by atoms with Crippen LogP contribution >= 0.6 is 0 Å². The summed E-state index contributed by atoms with van der Waals surface area (Å²) in [6, 6.07) is 6.84. The Morgan fingerprint density at radius 2 is 1.74 bits per heavy atom. The van der Waals surface area contributed by atoms with E-state index < -0.39 is 0 Å². The Bertz CT molecular complexity index is 1050. The number of aromatic nitrogens is 2. The first-order valence-electron chi connectivity index (χ1n) is 12.7. The van der Waals surface area contributed by atoms with Gasteiger partial charge in [0.2, 0.25) is 0 Å². The van der Waals surface area contributed by atoms with Gasteiger partial charge in [0, 0.05) is 44.4 Å². The van der Waals surface area contributed by atoms with Gasteiger partial charge in [-0.05, 0) is 50.3 Å². The van der Waals surface area contributed by atoms with Gasteiger partial charge in [0.1, 0.15) is 12.4 Å². The average Bonchev–Trinajstić information content (AvgIpc) is 2.88. The summed E-state index contributed by atoms with van der Waals surface area (Å²) in [5, 5.41) is 4.81. The molecule has 0 bridgehead atoms. The van der Waals surface area contributed by atoms with E-state index in [9.17, 15) is 0 Å². The Hall–Kier alpha value is -2.75. The van der Waals surface area contributed by atoms with Gasteiger partial charge in [-0.2, -0.15) is 15.1 Å². The summed E-state index contributed by atoms with van der Waals surface area (Å²) < 4.78 is 17.0. The van der Waals surface area contributed by atoms with Gasteiger partial charge in [0.25, 0.3) is 0 Å². The van der Waals surface area contributed by atoms with E-state index in [0.29, 0.717) is 31.6 Å². The lowest BCUT2D eigenvalue weighted by Crippen LogP contribution is -2.39. The smallest absolute Gasteiger partial charge is 0.320 e. The van der Waals surface area contributed by atoms with Crippen molar-refractivity contribution in [1.29, 1.82) is 0 Å². The molecule has 1 aromatic heterocycles. The maximum atomic E-state index is 6.01. The fraction of sp³-hybridized carbons (Fsp3) is 0.577. The lowest BCUT2D eigenvalue weighted by Gasteiger charge is -2.28. The summed E-state index contributed by atoms with van der Waals surface area (Å²) in [5.41, 5.74) is 9.59.